The lowest BCUT2D eigenvalue weighted by Gasteiger charge is -2.13. The first-order valence-corrected chi connectivity index (χ1v) is 7.36. The fourth-order valence-corrected chi connectivity index (χ4v) is 1.86. The Morgan fingerprint density at radius 3 is 2.31 bits per heavy atom. The lowest BCUT2D eigenvalue weighted by atomic mass is 10.2. The van der Waals surface area contributed by atoms with Gasteiger partial charge < -0.3 is 10.1 Å². The third-order valence-corrected chi connectivity index (χ3v) is 3.24. The monoisotopic (exact) mass is 367 g/mol. The van der Waals surface area contributed by atoms with E-state index in [2.05, 4.69) is 0 Å². The molecular formula is C18H13F4NO3. The molecule has 2 rings (SSSR count). The Hall–Kier alpha value is -3.16. The van der Waals surface area contributed by atoms with E-state index < -0.39 is 46.9 Å². The summed E-state index contributed by atoms with van der Waals surface area (Å²) in [6.45, 7) is 1.22. The lowest BCUT2D eigenvalue weighted by Crippen LogP contribution is -2.29. The average Bonchev–Trinajstić information content (AvgIpc) is 2.61. The van der Waals surface area contributed by atoms with Crippen LogP contribution in [0, 0.1) is 23.3 Å². The number of carbonyl (C=O) groups excluding carboxylic acids is 2. The van der Waals surface area contributed by atoms with E-state index in [1.165, 1.54) is 37.3 Å². The van der Waals surface area contributed by atoms with Gasteiger partial charge in [-0.05, 0) is 42.8 Å². The topological polar surface area (TPSA) is 55.4 Å². The van der Waals surface area contributed by atoms with Crippen molar-refractivity contribution in [2.24, 2.45) is 0 Å². The maximum atomic E-state index is 13.5. The highest BCUT2D eigenvalue weighted by atomic mass is 19.2. The normalized spacial score (nSPS) is 12.0. The van der Waals surface area contributed by atoms with E-state index in [4.69, 9.17) is 4.74 Å². The summed E-state index contributed by atoms with van der Waals surface area (Å²) in [4.78, 5) is 23.5. The molecule has 2 aromatic carbocycles. The number of benzene rings is 2. The van der Waals surface area contributed by atoms with Crippen LogP contribution in [0.25, 0.3) is 6.08 Å². The van der Waals surface area contributed by atoms with Gasteiger partial charge in [-0.25, -0.2) is 22.4 Å². The third-order valence-electron chi connectivity index (χ3n) is 3.24. The van der Waals surface area contributed by atoms with Crippen molar-refractivity contribution in [1.82, 2.24) is 0 Å². The van der Waals surface area contributed by atoms with Gasteiger partial charge in [0.2, 0.25) is 0 Å². The van der Waals surface area contributed by atoms with Crippen LogP contribution in [0.4, 0.5) is 23.2 Å². The number of hydrogen-bond acceptors (Lipinski definition) is 3. The first kappa shape index (κ1) is 19.2. The predicted molar refractivity (Wildman–Crippen MR) is 85.9 cm³/mol. The van der Waals surface area contributed by atoms with Gasteiger partial charge in [-0.2, -0.15) is 0 Å². The fourth-order valence-electron chi connectivity index (χ4n) is 1.86. The SMILES string of the molecule is C[C@H](OC(=O)/C=C/c1ccc(F)cc1)C(=O)Nc1ccc(F)c(F)c1F. The van der Waals surface area contributed by atoms with Crippen molar-refractivity contribution >= 4 is 23.6 Å². The number of rotatable bonds is 5. The molecular weight excluding hydrogens is 354 g/mol. The van der Waals surface area contributed by atoms with Crippen LogP contribution in [0.15, 0.2) is 42.5 Å². The summed E-state index contributed by atoms with van der Waals surface area (Å²) in [6.07, 6.45) is 1.05. The molecule has 0 aliphatic heterocycles. The van der Waals surface area contributed by atoms with Crippen LogP contribution in [0.3, 0.4) is 0 Å². The largest absolute Gasteiger partial charge is 0.449 e. The summed E-state index contributed by atoms with van der Waals surface area (Å²) >= 11 is 0. The maximum Gasteiger partial charge on any atom is 0.331 e. The molecule has 0 heterocycles. The Bertz CT molecular complexity index is 850. The fraction of sp³-hybridized carbons (Fsp3) is 0.111. The van der Waals surface area contributed by atoms with Crippen LogP contribution < -0.4 is 5.32 Å². The summed E-state index contributed by atoms with van der Waals surface area (Å²) in [5.41, 5.74) is -0.0528. The number of halogens is 4. The summed E-state index contributed by atoms with van der Waals surface area (Å²) in [6, 6.07) is 6.77. The highest BCUT2D eigenvalue weighted by Crippen LogP contribution is 2.20. The molecule has 0 aliphatic carbocycles. The molecule has 1 N–H and O–H groups in total. The molecule has 1 amide bonds. The van der Waals surface area contributed by atoms with Crippen LogP contribution in [0.5, 0.6) is 0 Å². The van der Waals surface area contributed by atoms with Gasteiger partial charge in [0, 0.05) is 6.08 Å². The number of carbonyl (C=O) groups is 2. The smallest absolute Gasteiger partial charge is 0.331 e. The first-order valence-electron chi connectivity index (χ1n) is 7.36. The van der Waals surface area contributed by atoms with E-state index in [-0.39, 0.29) is 0 Å². The molecule has 136 valence electrons. The molecule has 0 aliphatic rings. The van der Waals surface area contributed by atoms with E-state index in [0.717, 1.165) is 12.1 Å². The van der Waals surface area contributed by atoms with Crippen molar-refractivity contribution in [3.8, 4) is 0 Å². The number of nitrogens with one attached hydrogen (secondary N) is 1. The minimum atomic E-state index is -1.73. The molecule has 0 radical (unpaired) electrons. The van der Waals surface area contributed by atoms with Crippen LogP contribution >= 0.6 is 0 Å². The van der Waals surface area contributed by atoms with Gasteiger partial charge >= 0.3 is 5.97 Å². The zero-order valence-electron chi connectivity index (χ0n) is 13.4. The van der Waals surface area contributed by atoms with E-state index in [1.54, 1.807) is 0 Å². The zero-order valence-corrected chi connectivity index (χ0v) is 13.4. The maximum absolute atomic E-state index is 13.5. The number of hydrogen-bond donors (Lipinski definition) is 1. The molecule has 0 aromatic heterocycles. The van der Waals surface area contributed by atoms with Crippen molar-refractivity contribution in [3.05, 3.63) is 71.3 Å². The molecule has 26 heavy (non-hydrogen) atoms. The van der Waals surface area contributed by atoms with Gasteiger partial charge in [0.1, 0.15) is 5.82 Å². The van der Waals surface area contributed by atoms with Gasteiger partial charge in [0.15, 0.2) is 23.6 Å². The minimum absolute atomic E-state index is 0.431. The minimum Gasteiger partial charge on any atom is -0.449 e. The van der Waals surface area contributed by atoms with Crippen molar-refractivity contribution < 1.29 is 31.9 Å². The Kier molecular flexibility index (Phi) is 6.11. The van der Waals surface area contributed by atoms with Crippen LogP contribution in [-0.4, -0.2) is 18.0 Å². The molecule has 4 nitrogen and oxygen atoms in total. The van der Waals surface area contributed by atoms with Crippen LogP contribution in [0.2, 0.25) is 0 Å². The highest BCUT2D eigenvalue weighted by Gasteiger charge is 2.20. The molecule has 0 fully saturated rings. The van der Waals surface area contributed by atoms with Crippen LogP contribution in [0.1, 0.15) is 12.5 Å². The number of esters is 1. The van der Waals surface area contributed by atoms with Gasteiger partial charge in [0.05, 0.1) is 5.69 Å². The molecule has 0 saturated heterocycles. The third kappa shape index (κ3) is 4.92. The van der Waals surface area contributed by atoms with Gasteiger partial charge in [-0.15, -0.1) is 0 Å². The molecule has 0 saturated carbocycles. The van der Waals surface area contributed by atoms with E-state index >= 15 is 0 Å². The van der Waals surface area contributed by atoms with Crippen molar-refractivity contribution in [2.75, 3.05) is 5.32 Å². The zero-order chi connectivity index (χ0) is 19.3. The van der Waals surface area contributed by atoms with Gasteiger partial charge in [-0.1, -0.05) is 12.1 Å². The Labute approximate surface area is 146 Å². The van der Waals surface area contributed by atoms with Crippen molar-refractivity contribution in [3.63, 3.8) is 0 Å². The first-order chi connectivity index (χ1) is 12.3. The van der Waals surface area contributed by atoms with Crippen molar-refractivity contribution in [2.45, 2.75) is 13.0 Å². The van der Waals surface area contributed by atoms with E-state index in [9.17, 15) is 27.2 Å². The predicted octanol–water partition coefficient (Wildman–Crippen LogP) is 3.83. The molecule has 0 spiro atoms. The molecule has 0 unspecified atom stereocenters. The number of anilines is 1. The summed E-state index contributed by atoms with van der Waals surface area (Å²) < 4.78 is 57.1. The number of amides is 1. The van der Waals surface area contributed by atoms with Gasteiger partial charge in [0.25, 0.3) is 5.91 Å². The van der Waals surface area contributed by atoms with Gasteiger partial charge in [-0.3, -0.25) is 4.79 Å². The Morgan fingerprint density at radius 1 is 1.00 bits per heavy atom. The molecule has 8 heteroatoms. The highest BCUT2D eigenvalue weighted by molar-refractivity contribution is 5.96. The summed E-state index contributed by atoms with van der Waals surface area (Å²) in [7, 11) is 0. The second-order valence-electron chi connectivity index (χ2n) is 5.18. The standard InChI is InChI=1S/C18H13F4NO3/c1-10(18(25)23-14-8-7-13(20)16(21)17(14)22)26-15(24)9-4-11-2-5-12(19)6-3-11/h2-10H,1H3,(H,23,25)/b9-4+/t10-/m0/s1. The average molecular weight is 367 g/mol. The number of ether oxygens (including phenoxy) is 1. The summed E-state index contributed by atoms with van der Waals surface area (Å²) in [5.74, 6) is -6.92. The van der Waals surface area contributed by atoms with Crippen molar-refractivity contribution in [1.29, 1.82) is 0 Å². The Morgan fingerprint density at radius 2 is 1.65 bits per heavy atom. The van der Waals surface area contributed by atoms with E-state index in [0.29, 0.717) is 11.6 Å². The lowest BCUT2D eigenvalue weighted by molar-refractivity contribution is -0.148. The molecule has 1 atom stereocenters. The Balaban J connectivity index is 1.95. The van der Waals surface area contributed by atoms with Crippen LogP contribution in [-0.2, 0) is 14.3 Å². The molecule has 2 aromatic rings. The van der Waals surface area contributed by atoms with E-state index in [1.807, 2.05) is 5.32 Å². The quantitative estimate of drug-likeness (QED) is 0.378. The summed E-state index contributed by atoms with van der Waals surface area (Å²) in [5, 5.41) is 2.00. The second kappa shape index (κ2) is 8.28. The molecule has 0 bridgehead atoms. The second-order valence-corrected chi connectivity index (χ2v) is 5.18.